The Labute approximate surface area is 165 Å². The number of nitrogens with zero attached hydrogens (tertiary/aromatic N) is 1. The van der Waals surface area contributed by atoms with Gasteiger partial charge in [0.25, 0.3) is 0 Å². The third-order valence-electron chi connectivity index (χ3n) is 5.41. The molecular weight excluding hydrogens is 358 g/mol. The highest BCUT2D eigenvalue weighted by atomic mass is 32.1. The molecule has 0 saturated carbocycles. The zero-order valence-electron chi connectivity index (χ0n) is 15.9. The predicted octanol–water partition coefficient (Wildman–Crippen LogP) is 2.13. The van der Waals surface area contributed by atoms with Crippen molar-refractivity contribution in [3.05, 3.63) is 53.1 Å². The largest absolute Gasteiger partial charge is 0.454 e. The van der Waals surface area contributed by atoms with Gasteiger partial charge in [0.05, 0.1) is 26.2 Å². The second-order valence-electron chi connectivity index (χ2n) is 7.33. The van der Waals surface area contributed by atoms with Crippen molar-refractivity contribution in [3.8, 4) is 11.5 Å². The lowest BCUT2D eigenvalue weighted by atomic mass is 10.1. The monoisotopic (exact) mass is 384 g/mol. The van der Waals surface area contributed by atoms with Crippen molar-refractivity contribution in [1.82, 2.24) is 4.90 Å². The number of quaternary nitrogens is 1. The third kappa shape index (κ3) is 4.17. The van der Waals surface area contributed by atoms with Crippen molar-refractivity contribution < 1.29 is 14.4 Å². The molecule has 0 amide bonds. The Morgan fingerprint density at radius 2 is 1.81 bits per heavy atom. The number of piperazine rings is 1. The van der Waals surface area contributed by atoms with Crippen LogP contribution in [-0.4, -0.2) is 43.0 Å². The summed E-state index contributed by atoms with van der Waals surface area (Å²) in [5.41, 5.74) is 4.93. The summed E-state index contributed by atoms with van der Waals surface area (Å²) in [6, 6.07) is 12.6. The average Bonchev–Trinajstić information content (AvgIpc) is 3.13. The van der Waals surface area contributed by atoms with Gasteiger partial charge in [-0.1, -0.05) is 6.07 Å². The summed E-state index contributed by atoms with van der Waals surface area (Å²) in [4.78, 5) is 3.84. The van der Waals surface area contributed by atoms with E-state index in [0.29, 0.717) is 6.79 Å². The lowest BCUT2D eigenvalue weighted by Crippen LogP contribution is -3.13. The number of fused-ring (bicyclic) bond motifs is 1. The lowest BCUT2D eigenvalue weighted by molar-refractivity contribution is -0.917. The van der Waals surface area contributed by atoms with Gasteiger partial charge in [-0.25, -0.2) is 0 Å². The molecule has 0 unspecified atom stereocenters. The molecule has 2 heterocycles. The first-order valence-corrected chi connectivity index (χ1v) is 9.84. The van der Waals surface area contributed by atoms with Gasteiger partial charge in [0, 0.05) is 11.3 Å². The van der Waals surface area contributed by atoms with Gasteiger partial charge in [0.1, 0.15) is 6.54 Å². The first-order chi connectivity index (χ1) is 13.1. The minimum Gasteiger partial charge on any atom is -0.454 e. The molecule has 0 spiro atoms. The van der Waals surface area contributed by atoms with Gasteiger partial charge in [-0.05, 0) is 67.5 Å². The van der Waals surface area contributed by atoms with Crippen molar-refractivity contribution in [3.63, 3.8) is 0 Å². The van der Waals surface area contributed by atoms with Gasteiger partial charge >= 0.3 is 0 Å². The maximum Gasteiger partial charge on any atom is 0.231 e. The maximum atomic E-state index is 5.63. The molecule has 2 aliphatic rings. The van der Waals surface area contributed by atoms with Crippen molar-refractivity contribution >= 4 is 23.0 Å². The molecule has 0 atom stereocenters. The van der Waals surface area contributed by atoms with E-state index < -0.39 is 0 Å². The highest BCUT2D eigenvalue weighted by molar-refractivity contribution is 7.80. The fraction of sp³-hybridized carbons (Fsp3) is 0.381. The van der Waals surface area contributed by atoms with Gasteiger partial charge in [0.15, 0.2) is 16.6 Å². The quantitative estimate of drug-likeness (QED) is 0.794. The summed E-state index contributed by atoms with van der Waals surface area (Å²) in [6.45, 7) is 9.66. The van der Waals surface area contributed by atoms with Crippen LogP contribution >= 0.6 is 12.2 Å². The molecule has 0 aromatic heterocycles. The lowest BCUT2D eigenvalue weighted by Gasteiger charge is -2.34. The third-order valence-corrected chi connectivity index (χ3v) is 5.77. The second-order valence-corrected chi connectivity index (χ2v) is 7.72. The first kappa shape index (κ1) is 18.1. The normalized spacial score (nSPS) is 16.4. The average molecular weight is 385 g/mol. The Balaban J connectivity index is 1.29. The topological polar surface area (TPSA) is 38.2 Å². The van der Waals surface area contributed by atoms with Crippen LogP contribution in [0.25, 0.3) is 0 Å². The van der Waals surface area contributed by atoms with Gasteiger partial charge < -0.3 is 24.6 Å². The zero-order chi connectivity index (χ0) is 18.8. The van der Waals surface area contributed by atoms with Crippen LogP contribution in [-0.2, 0) is 6.54 Å². The van der Waals surface area contributed by atoms with Crippen molar-refractivity contribution in [2.75, 3.05) is 38.3 Å². The Morgan fingerprint density at radius 1 is 1.04 bits per heavy atom. The fourth-order valence-corrected chi connectivity index (χ4v) is 3.86. The molecule has 0 bridgehead atoms. The molecule has 1 fully saturated rings. The van der Waals surface area contributed by atoms with Crippen LogP contribution in [0.2, 0.25) is 0 Å². The van der Waals surface area contributed by atoms with Gasteiger partial charge in [-0.15, -0.1) is 0 Å². The summed E-state index contributed by atoms with van der Waals surface area (Å²) in [5, 5.41) is 4.21. The molecule has 0 aliphatic carbocycles. The molecule has 2 aromatic rings. The zero-order valence-corrected chi connectivity index (χ0v) is 16.7. The van der Waals surface area contributed by atoms with E-state index >= 15 is 0 Å². The Kier molecular flexibility index (Phi) is 5.18. The minimum atomic E-state index is 0.329. The number of rotatable bonds is 3. The molecule has 1 saturated heterocycles. The number of aryl methyl sites for hydroxylation is 2. The first-order valence-electron chi connectivity index (χ1n) is 9.44. The second kappa shape index (κ2) is 7.74. The Morgan fingerprint density at radius 3 is 2.59 bits per heavy atom. The number of benzene rings is 2. The highest BCUT2D eigenvalue weighted by Crippen LogP contribution is 2.32. The summed E-state index contributed by atoms with van der Waals surface area (Å²) < 4.78 is 10.9. The van der Waals surface area contributed by atoms with Crippen LogP contribution in [0.3, 0.4) is 0 Å². The minimum absolute atomic E-state index is 0.329. The molecule has 2 aromatic carbocycles. The molecule has 0 radical (unpaired) electrons. The van der Waals surface area contributed by atoms with E-state index in [1.807, 2.05) is 6.07 Å². The van der Waals surface area contributed by atoms with Crippen LogP contribution in [0.5, 0.6) is 11.5 Å². The molecule has 4 rings (SSSR count). The standard InChI is InChI=1S/C21H25N3O2S/c1-15-3-5-18(11-16(15)2)22-21(27)24-9-7-23(8-10-24)13-17-4-6-19-20(12-17)26-14-25-19/h3-6,11-12H,7-10,13-14H2,1-2H3,(H,22,27)/p+1. The van der Waals surface area contributed by atoms with E-state index in [0.717, 1.165) is 55.0 Å². The Hall–Kier alpha value is -2.31. The molecule has 142 valence electrons. The van der Waals surface area contributed by atoms with E-state index in [2.05, 4.69) is 54.4 Å². The van der Waals surface area contributed by atoms with E-state index in [1.165, 1.54) is 16.7 Å². The van der Waals surface area contributed by atoms with Crippen molar-refractivity contribution in [1.29, 1.82) is 0 Å². The van der Waals surface area contributed by atoms with E-state index in [-0.39, 0.29) is 0 Å². The van der Waals surface area contributed by atoms with Gasteiger partial charge in [0.2, 0.25) is 6.79 Å². The number of anilines is 1. The van der Waals surface area contributed by atoms with Crippen LogP contribution in [0.1, 0.15) is 16.7 Å². The van der Waals surface area contributed by atoms with Crippen molar-refractivity contribution in [2.24, 2.45) is 0 Å². The van der Waals surface area contributed by atoms with Crippen molar-refractivity contribution in [2.45, 2.75) is 20.4 Å². The predicted molar refractivity (Wildman–Crippen MR) is 111 cm³/mol. The van der Waals surface area contributed by atoms with E-state index in [9.17, 15) is 0 Å². The molecule has 6 heteroatoms. The van der Waals surface area contributed by atoms with Crippen LogP contribution in [0.4, 0.5) is 5.69 Å². The molecular formula is C21H26N3O2S+. The number of hydrogen-bond donors (Lipinski definition) is 2. The summed E-state index contributed by atoms with van der Waals surface area (Å²) in [7, 11) is 0. The summed E-state index contributed by atoms with van der Waals surface area (Å²) >= 11 is 5.63. The number of hydrogen-bond acceptors (Lipinski definition) is 3. The van der Waals surface area contributed by atoms with Gasteiger partial charge in [-0.2, -0.15) is 0 Å². The molecule has 2 aliphatic heterocycles. The number of thiocarbonyl (C=S) groups is 1. The smallest absolute Gasteiger partial charge is 0.231 e. The highest BCUT2D eigenvalue weighted by Gasteiger charge is 2.23. The summed E-state index contributed by atoms with van der Waals surface area (Å²) in [6.07, 6.45) is 0. The molecule has 5 nitrogen and oxygen atoms in total. The van der Waals surface area contributed by atoms with Crippen LogP contribution in [0, 0.1) is 13.8 Å². The number of nitrogens with one attached hydrogen (secondary N) is 2. The summed E-state index contributed by atoms with van der Waals surface area (Å²) in [5.74, 6) is 1.71. The van der Waals surface area contributed by atoms with Crippen LogP contribution < -0.4 is 19.7 Å². The maximum absolute atomic E-state index is 5.63. The van der Waals surface area contributed by atoms with Gasteiger partial charge in [-0.3, -0.25) is 0 Å². The molecule has 2 N–H and O–H groups in total. The molecule has 27 heavy (non-hydrogen) atoms. The number of ether oxygens (including phenoxy) is 2. The van der Waals surface area contributed by atoms with E-state index in [4.69, 9.17) is 21.7 Å². The fourth-order valence-electron chi connectivity index (χ4n) is 3.56. The Bertz CT molecular complexity index is 847. The SMILES string of the molecule is Cc1ccc(NC(=S)N2CC[NH+](Cc3ccc4c(c3)OCO4)CC2)cc1C. The van der Waals surface area contributed by atoms with E-state index in [1.54, 1.807) is 4.90 Å². The van der Waals surface area contributed by atoms with Crippen LogP contribution in [0.15, 0.2) is 36.4 Å².